The summed E-state index contributed by atoms with van der Waals surface area (Å²) < 4.78 is 0. The highest BCUT2D eigenvalue weighted by atomic mass is 15.2. The molecule has 1 N–H and O–H groups in total. The first-order valence-corrected chi connectivity index (χ1v) is 8.13. The molecule has 1 aromatic rings. The third-order valence-electron chi connectivity index (χ3n) is 4.40. The predicted molar refractivity (Wildman–Crippen MR) is 89.1 cm³/mol. The lowest BCUT2D eigenvalue weighted by molar-refractivity contribution is 0.120. The van der Waals surface area contributed by atoms with Crippen molar-refractivity contribution >= 4 is 0 Å². The van der Waals surface area contributed by atoms with E-state index in [1.54, 1.807) is 0 Å². The van der Waals surface area contributed by atoms with Crippen molar-refractivity contribution in [3.05, 3.63) is 35.9 Å². The van der Waals surface area contributed by atoms with Gasteiger partial charge in [-0.1, -0.05) is 50.6 Å². The Morgan fingerprint density at radius 2 is 1.75 bits per heavy atom. The lowest BCUT2D eigenvalue weighted by Crippen LogP contribution is -2.46. The van der Waals surface area contributed by atoms with E-state index in [0.29, 0.717) is 18.1 Å². The van der Waals surface area contributed by atoms with Crippen LogP contribution >= 0.6 is 0 Å². The molecule has 0 amide bonds. The van der Waals surface area contributed by atoms with E-state index in [4.69, 9.17) is 0 Å². The van der Waals surface area contributed by atoms with Crippen LogP contribution in [-0.4, -0.2) is 30.6 Å². The van der Waals surface area contributed by atoms with Gasteiger partial charge in [0, 0.05) is 18.1 Å². The minimum atomic E-state index is 0.391. The summed E-state index contributed by atoms with van der Waals surface area (Å²) in [5.41, 5.74) is 1.38. The summed E-state index contributed by atoms with van der Waals surface area (Å²) in [6, 6.07) is 12.3. The fraction of sp³-hybridized carbons (Fsp3) is 0.667. The van der Waals surface area contributed by atoms with E-state index in [2.05, 4.69) is 75.3 Å². The van der Waals surface area contributed by atoms with Crippen LogP contribution in [0.1, 0.15) is 58.6 Å². The number of hydrogen-bond donors (Lipinski definition) is 1. The van der Waals surface area contributed by atoms with Gasteiger partial charge in [-0.25, -0.2) is 0 Å². The minimum absolute atomic E-state index is 0.391. The van der Waals surface area contributed by atoms with Crippen molar-refractivity contribution in [2.24, 2.45) is 0 Å². The van der Waals surface area contributed by atoms with Crippen LogP contribution in [0, 0.1) is 0 Å². The minimum Gasteiger partial charge on any atom is -0.312 e. The van der Waals surface area contributed by atoms with Crippen LogP contribution in [0.5, 0.6) is 0 Å². The molecule has 3 unspecified atom stereocenters. The van der Waals surface area contributed by atoms with E-state index in [1.165, 1.54) is 31.4 Å². The Labute approximate surface area is 125 Å². The van der Waals surface area contributed by atoms with Crippen LogP contribution < -0.4 is 5.32 Å². The standard InChI is InChI=1S/C18H32N2/c1-6-8-14-20(15(3)7-2)16(4)18(19-5)17-12-10-9-11-13-17/h9-13,15-16,18-19H,6-8,14H2,1-5H3. The third-order valence-corrected chi connectivity index (χ3v) is 4.40. The smallest absolute Gasteiger partial charge is 0.0473 e. The van der Waals surface area contributed by atoms with E-state index in [0.717, 1.165) is 0 Å². The fourth-order valence-corrected chi connectivity index (χ4v) is 2.94. The van der Waals surface area contributed by atoms with Gasteiger partial charge in [0.05, 0.1) is 0 Å². The van der Waals surface area contributed by atoms with Gasteiger partial charge in [-0.2, -0.15) is 0 Å². The number of rotatable bonds is 9. The number of hydrogen-bond acceptors (Lipinski definition) is 2. The SMILES string of the molecule is CCCCN(C(C)CC)C(C)C(NC)c1ccccc1. The molecule has 1 aromatic carbocycles. The normalized spacial score (nSPS) is 16.1. The number of benzene rings is 1. The summed E-state index contributed by atoms with van der Waals surface area (Å²) in [5.74, 6) is 0. The van der Waals surface area contributed by atoms with Gasteiger partial charge in [-0.15, -0.1) is 0 Å². The Balaban J connectivity index is 2.87. The van der Waals surface area contributed by atoms with Crippen molar-refractivity contribution in [2.75, 3.05) is 13.6 Å². The number of likely N-dealkylation sites (N-methyl/N-ethyl adjacent to an activating group) is 1. The van der Waals surface area contributed by atoms with Crippen molar-refractivity contribution in [3.63, 3.8) is 0 Å². The molecule has 0 spiro atoms. The van der Waals surface area contributed by atoms with E-state index < -0.39 is 0 Å². The first kappa shape index (κ1) is 17.2. The number of unbranched alkanes of at least 4 members (excludes halogenated alkanes) is 1. The molecule has 2 heteroatoms. The van der Waals surface area contributed by atoms with Gasteiger partial charge >= 0.3 is 0 Å². The van der Waals surface area contributed by atoms with Crippen LogP contribution in [0.3, 0.4) is 0 Å². The average molecular weight is 276 g/mol. The second-order valence-electron chi connectivity index (χ2n) is 5.77. The summed E-state index contributed by atoms with van der Waals surface area (Å²) >= 11 is 0. The van der Waals surface area contributed by atoms with Crippen LogP contribution in [0.2, 0.25) is 0 Å². The Morgan fingerprint density at radius 3 is 2.25 bits per heavy atom. The van der Waals surface area contributed by atoms with Gasteiger partial charge in [0.1, 0.15) is 0 Å². The number of nitrogens with one attached hydrogen (secondary N) is 1. The molecule has 0 saturated heterocycles. The molecule has 20 heavy (non-hydrogen) atoms. The van der Waals surface area contributed by atoms with E-state index in [9.17, 15) is 0 Å². The molecule has 0 aromatic heterocycles. The number of nitrogens with zero attached hydrogens (tertiary/aromatic N) is 1. The summed E-state index contributed by atoms with van der Waals surface area (Å²) in [5, 5.41) is 3.51. The van der Waals surface area contributed by atoms with Gasteiger partial charge in [0.15, 0.2) is 0 Å². The molecule has 0 bridgehead atoms. The highest BCUT2D eigenvalue weighted by Gasteiger charge is 2.26. The molecule has 0 heterocycles. The van der Waals surface area contributed by atoms with Crippen molar-refractivity contribution in [1.82, 2.24) is 10.2 Å². The van der Waals surface area contributed by atoms with Crippen LogP contribution in [-0.2, 0) is 0 Å². The maximum absolute atomic E-state index is 3.51. The quantitative estimate of drug-likeness (QED) is 0.726. The fourth-order valence-electron chi connectivity index (χ4n) is 2.94. The highest BCUT2D eigenvalue weighted by Crippen LogP contribution is 2.23. The monoisotopic (exact) mass is 276 g/mol. The molecule has 1 rings (SSSR count). The predicted octanol–water partition coefficient (Wildman–Crippen LogP) is 4.24. The Kier molecular flexibility index (Phi) is 7.86. The zero-order valence-electron chi connectivity index (χ0n) is 13.9. The second-order valence-corrected chi connectivity index (χ2v) is 5.77. The molecule has 0 fully saturated rings. The van der Waals surface area contributed by atoms with Crippen molar-refractivity contribution in [3.8, 4) is 0 Å². The van der Waals surface area contributed by atoms with Crippen molar-refractivity contribution < 1.29 is 0 Å². The lowest BCUT2D eigenvalue weighted by Gasteiger charge is -2.39. The largest absolute Gasteiger partial charge is 0.312 e. The van der Waals surface area contributed by atoms with Crippen LogP contribution in [0.25, 0.3) is 0 Å². The van der Waals surface area contributed by atoms with E-state index in [1.807, 2.05) is 0 Å². The van der Waals surface area contributed by atoms with Crippen LogP contribution in [0.15, 0.2) is 30.3 Å². The van der Waals surface area contributed by atoms with Gasteiger partial charge in [-0.3, -0.25) is 4.90 Å². The maximum atomic E-state index is 3.51. The van der Waals surface area contributed by atoms with E-state index in [-0.39, 0.29) is 0 Å². The molecule has 0 radical (unpaired) electrons. The Hall–Kier alpha value is -0.860. The zero-order chi connectivity index (χ0) is 15.0. The highest BCUT2D eigenvalue weighted by molar-refractivity contribution is 5.20. The van der Waals surface area contributed by atoms with E-state index >= 15 is 0 Å². The molecule has 0 aliphatic rings. The van der Waals surface area contributed by atoms with Gasteiger partial charge in [0.25, 0.3) is 0 Å². The van der Waals surface area contributed by atoms with Gasteiger partial charge in [-0.05, 0) is 45.8 Å². The van der Waals surface area contributed by atoms with Crippen LogP contribution in [0.4, 0.5) is 0 Å². The summed E-state index contributed by atoms with van der Waals surface area (Å²) in [7, 11) is 2.07. The molecule has 0 aliphatic heterocycles. The van der Waals surface area contributed by atoms with Gasteiger partial charge < -0.3 is 5.32 Å². The lowest BCUT2D eigenvalue weighted by atomic mass is 9.97. The first-order chi connectivity index (χ1) is 9.65. The molecule has 0 aliphatic carbocycles. The van der Waals surface area contributed by atoms with Crippen molar-refractivity contribution in [2.45, 2.75) is 65.1 Å². The van der Waals surface area contributed by atoms with Crippen molar-refractivity contribution in [1.29, 1.82) is 0 Å². The van der Waals surface area contributed by atoms with Gasteiger partial charge in [0.2, 0.25) is 0 Å². The molecule has 0 saturated carbocycles. The average Bonchev–Trinajstić information content (AvgIpc) is 2.49. The Morgan fingerprint density at radius 1 is 1.10 bits per heavy atom. The topological polar surface area (TPSA) is 15.3 Å². The third kappa shape index (κ3) is 4.60. The Bertz CT molecular complexity index is 350. The summed E-state index contributed by atoms with van der Waals surface area (Å²) in [6.45, 7) is 10.5. The molecular formula is C18H32N2. The first-order valence-electron chi connectivity index (χ1n) is 8.13. The molecular weight excluding hydrogens is 244 g/mol. The summed E-state index contributed by atoms with van der Waals surface area (Å²) in [4.78, 5) is 2.66. The zero-order valence-corrected chi connectivity index (χ0v) is 13.9. The molecule has 3 atom stereocenters. The molecule has 2 nitrogen and oxygen atoms in total. The second kappa shape index (κ2) is 9.15. The molecule has 114 valence electrons. The summed E-state index contributed by atoms with van der Waals surface area (Å²) in [6.07, 6.45) is 3.74. The maximum Gasteiger partial charge on any atom is 0.0473 e.